The van der Waals surface area contributed by atoms with Crippen molar-refractivity contribution >= 4 is 5.78 Å². The Morgan fingerprint density at radius 1 is 0.950 bits per heavy atom. The number of carbonyl (C=O) groups is 1. The lowest BCUT2D eigenvalue weighted by molar-refractivity contribution is -0.119. The van der Waals surface area contributed by atoms with Crippen molar-refractivity contribution in [3.05, 3.63) is 71.8 Å². The van der Waals surface area contributed by atoms with Crippen molar-refractivity contribution in [3.63, 3.8) is 0 Å². The summed E-state index contributed by atoms with van der Waals surface area (Å²) in [6.45, 7) is 2.06. The zero-order valence-corrected chi connectivity index (χ0v) is 12.1. The molecular formula is C19H22O. The minimum atomic E-state index is 0.289. The first-order valence-corrected chi connectivity index (χ1v) is 7.40. The molecule has 0 fully saturated rings. The molecule has 1 nitrogen and oxygen atoms in total. The second kappa shape index (κ2) is 7.64. The molecule has 20 heavy (non-hydrogen) atoms. The van der Waals surface area contributed by atoms with Gasteiger partial charge in [-0.25, -0.2) is 0 Å². The molecule has 0 aliphatic heterocycles. The van der Waals surface area contributed by atoms with Crippen LogP contribution in [0.2, 0.25) is 0 Å². The lowest BCUT2D eigenvalue weighted by Gasteiger charge is -2.17. The zero-order valence-electron chi connectivity index (χ0n) is 12.1. The Balaban J connectivity index is 2.14. The van der Waals surface area contributed by atoms with Gasteiger partial charge in [0.1, 0.15) is 5.78 Å². The lowest BCUT2D eigenvalue weighted by Crippen LogP contribution is -2.09. The van der Waals surface area contributed by atoms with Crippen LogP contribution in [0.3, 0.4) is 0 Å². The molecule has 0 radical (unpaired) electrons. The predicted molar refractivity (Wildman–Crippen MR) is 83.9 cm³/mol. The highest BCUT2D eigenvalue weighted by molar-refractivity contribution is 5.79. The Hall–Kier alpha value is -1.89. The normalized spacial score (nSPS) is 12.1. The van der Waals surface area contributed by atoms with E-state index in [1.807, 2.05) is 12.1 Å². The minimum Gasteiger partial charge on any atom is -0.300 e. The van der Waals surface area contributed by atoms with Crippen LogP contribution in [0.4, 0.5) is 0 Å². The van der Waals surface area contributed by atoms with Crippen LogP contribution in [0.15, 0.2) is 60.7 Å². The number of Topliss-reactive ketones (excluding diaryl/α,β-unsaturated/α-hetero) is 1. The van der Waals surface area contributed by atoms with Gasteiger partial charge in [-0.05, 0) is 29.9 Å². The van der Waals surface area contributed by atoms with E-state index < -0.39 is 0 Å². The van der Waals surface area contributed by atoms with Gasteiger partial charge in [-0.1, -0.05) is 67.6 Å². The zero-order chi connectivity index (χ0) is 14.2. The summed E-state index contributed by atoms with van der Waals surface area (Å²) < 4.78 is 0. The summed E-state index contributed by atoms with van der Waals surface area (Å²) >= 11 is 0. The molecule has 1 heteroatoms. The van der Waals surface area contributed by atoms with Crippen LogP contribution >= 0.6 is 0 Å². The van der Waals surface area contributed by atoms with E-state index >= 15 is 0 Å². The quantitative estimate of drug-likeness (QED) is 0.705. The Kier molecular flexibility index (Phi) is 5.55. The summed E-state index contributed by atoms with van der Waals surface area (Å²) in [4.78, 5) is 12.0. The SMILES string of the molecule is CCCC(=O)CC(Cc1ccccc1)c1ccccc1. The Bertz CT molecular complexity index is 516. The molecule has 0 saturated carbocycles. The van der Waals surface area contributed by atoms with Crippen LogP contribution in [0, 0.1) is 0 Å². The Morgan fingerprint density at radius 3 is 2.15 bits per heavy atom. The van der Waals surface area contributed by atoms with E-state index in [0.717, 1.165) is 12.8 Å². The van der Waals surface area contributed by atoms with Gasteiger partial charge in [-0.2, -0.15) is 0 Å². The summed E-state index contributed by atoms with van der Waals surface area (Å²) in [5, 5.41) is 0. The van der Waals surface area contributed by atoms with E-state index in [-0.39, 0.29) is 5.92 Å². The van der Waals surface area contributed by atoms with E-state index in [1.54, 1.807) is 0 Å². The highest BCUT2D eigenvalue weighted by Crippen LogP contribution is 2.25. The molecule has 2 rings (SSSR count). The van der Waals surface area contributed by atoms with Gasteiger partial charge in [0, 0.05) is 12.8 Å². The molecule has 2 aromatic rings. The van der Waals surface area contributed by atoms with Gasteiger partial charge in [0.15, 0.2) is 0 Å². The van der Waals surface area contributed by atoms with E-state index in [4.69, 9.17) is 0 Å². The van der Waals surface area contributed by atoms with Gasteiger partial charge >= 0.3 is 0 Å². The fourth-order valence-corrected chi connectivity index (χ4v) is 2.59. The van der Waals surface area contributed by atoms with Gasteiger partial charge in [0.05, 0.1) is 0 Å². The van der Waals surface area contributed by atoms with Crippen LogP contribution in [0.1, 0.15) is 43.2 Å². The minimum absolute atomic E-state index is 0.289. The topological polar surface area (TPSA) is 17.1 Å². The van der Waals surface area contributed by atoms with Crippen molar-refractivity contribution < 1.29 is 4.79 Å². The average Bonchev–Trinajstić information content (AvgIpc) is 2.49. The first-order chi connectivity index (χ1) is 9.79. The monoisotopic (exact) mass is 266 g/mol. The third-order valence-electron chi connectivity index (χ3n) is 3.60. The van der Waals surface area contributed by atoms with E-state index in [0.29, 0.717) is 18.6 Å². The highest BCUT2D eigenvalue weighted by Gasteiger charge is 2.16. The number of benzene rings is 2. The van der Waals surface area contributed by atoms with Crippen LogP contribution in [-0.2, 0) is 11.2 Å². The number of hydrogen-bond donors (Lipinski definition) is 0. The van der Waals surface area contributed by atoms with Crippen LogP contribution in [-0.4, -0.2) is 5.78 Å². The van der Waals surface area contributed by atoms with Crippen molar-refractivity contribution in [3.8, 4) is 0 Å². The molecular weight excluding hydrogens is 244 g/mol. The van der Waals surface area contributed by atoms with Gasteiger partial charge in [0.25, 0.3) is 0 Å². The maximum absolute atomic E-state index is 12.0. The largest absolute Gasteiger partial charge is 0.300 e. The smallest absolute Gasteiger partial charge is 0.133 e. The fraction of sp³-hybridized carbons (Fsp3) is 0.316. The molecule has 0 aliphatic carbocycles. The van der Waals surface area contributed by atoms with Gasteiger partial charge in [-0.15, -0.1) is 0 Å². The fourth-order valence-electron chi connectivity index (χ4n) is 2.59. The second-order valence-electron chi connectivity index (χ2n) is 5.29. The molecule has 0 N–H and O–H groups in total. The molecule has 1 unspecified atom stereocenters. The molecule has 2 aromatic carbocycles. The third kappa shape index (κ3) is 4.34. The number of rotatable bonds is 7. The van der Waals surface area contributed by atoms with Crippen LogP contribution in [0.25, 0.3) is 0 Å². The van der Waals surface area contributed by atoms with Gasteiger partial charge in [-0.3, -0.25) is 4.79 Å². The molecule has 0 saturated heterocycles. The number of ketones is 1. The van der Waals surface area contributed by atoms with Gasteiger partial charge in [0.2, 0.25) is 0 Å². The summed E-state index contributed by atoms with van der Waals surface area (Å²) in [7, 11) is 0. The second-order valence-corrected chi connectivity index (χ2v) is 5.29. The van der Waals surface area contributed by atoms with Crippen molar-refractivity contribution in [1.82, 2.24) is 0 Å². The molecule has 0 spiro atoms. The van der Waals surface area contributed by atoms with Crippen LogP contribution in [0.5, 0.6) is 0 Å². The lowest BCUT2D eigenvalue weighted by atomic mass is 9.87. The molecule has 104 valence electrons. The highest BCUT2D eigenvalue weighted by atomic mass is 16.1. The van der Waals surface area contributed by atoms with Crippen molar-refractivity contribution in [2.45, 2.75) is 38.5 Å². The van der Waals surface area contributed by atoms with E-state index in [2.05, 4.69) is 55.5 Å². The third-order valence-corrected chi connectivity index (χ3v) is 3.60. The van der Waals surface area contributed by atoms with Crippen LogP contribution < -0.4 is 0 Å². The van der Waals surface area contributed by atoms with Gasteiger partial charge < -0.3 is 0 Å². The predicted octanol–water partition coefficient (Wildman–Crippen LogP) is 4.77. The number of carbonyl (C=O) groups excluding carboxylic acids is 1. The Labute approximate surface area is 121 Å². The number of hydrogen-bond acceptors (Lipinski definition) is 1. The summed E-state index contributed by atoms with van der Waals surface area (Å²) in [6.07, 6.45) is 3.21. The average molecular weight is 266 g/mol. The first-order valence-electron chi connectivity index (χ1n) is 7.40. The molecule has 0 aliphatic rings. The van der Waals surface area contributed by atoms with Crippen molar-refractivity contribution in [2.75, 3.05) is 0 Å². The maximum Gasteiger partial charge on any atom is 0.133 e. The van der Waals surface area contributed by atoms with Crippen molar-refractivity contribution in [1.29, 1.82) is 0 Å². The molecule has 1 atom stereocenters. The summed E-state index contributed by atoms with van der Waals surface area (Å²) in [5.74, 6) is 0.662. The summed E-state index contributed by atoms with van der Waals surface area (Å²) in [5.41, 5.74) is 2.56. The Morgan fingerprint density at radius 2 is 1.55 bits per heavy atom. The van der Waals surface area contributed by atoms with E-state index in [9.17, 15) is 4.79 Å². The van der Waals surface area contributed by atoms with Crippen molar-refractivity contribution in [2.24, 2.45) is 0 Å². The molecule has 0 aromatic heterocycles. The molecule has 0 bridgehead atoms. The van der Waals surface area contributed by atoms with E-state index in [1.165, 1.54) is 11.1 Å². The maximum atomic E-state index is 12.0. The summed E-state index contributed by atoms with van der Waals surface area (Å²) in [6, 6.07) is 20.8. The standard InChI is InChI=1S/C19H22O/c1-2-9-19(20)15-18(17-12-7-4-8-13-17)14-16-10-5-3-6-11-16/h3-8,10-13,18H,2,9,14-15H2,1H3. The molecule has 0 amide bonds. The molecule has 0 heterocycles. The first kappa shape index (κ1) is 14.5.